The van der Waals surface area contributed by atoms with Gasteiger partial charge in [-0.3, -0.25) is 14.9 Å². The van der Waals surface area contributed by atoms with E-state index in [1.807, 2.05) is 5.38 Å². The van der Waals surface area contributed by atoms with Crippen molar-refractivity contribution in [2.45, 2.75) is 31.6 Å². The third kappa shape index (κ3) is 4.56. The Balaban J connectivity index is 1.43. The number of nitrogens with zero attached hydrogens (tertiary/aromatic N) is 2. The summed E-state index contributed by atoms with van der Waals surface area (Å²) in [6.45, 7) is 1.11. The summed E-state index contributed by atoms with van der Waals surface area (Å²) in [5.74, 6) is -0.960. The number of hydrogen-bond acceptors (Lipinski definition) is 6. The van der Waals surface area contributed by atoms with Gasteiger partial charge >= 0.3 is 11.8 Å². The number of aromatic nitrogens is 1. The van der Waals surface area contributed by atoms with Gasteiger partial charge in [0.25, 0.3) is 0 Å². The fourth-order valence-corrected chi connectivity index (χ4v) is 4.68. The van der Waals surface area contributed by atoms with Gasteiger partial charge in [-0.25, -0.2) is 17.7 Å². The molecule has 8 nitrogen and oxygen atoms in total. The highest BCUT2D eigenvalue weighted by atomic mass is 32.2. The third-order valence-corrected chi connectivity index (χ3v) is 6.79. The Morgan fingerprint density at radius 1 is 1.32 bits per heavy atom. The van der Waals surface area contributed by atoms with Crippen LogP contribution < -0.4 is 10.6 Å². The van der Waals surface area contributed by atoms with E-state index in [9.17, 15) is 18.0 Å². The average Bonchev–Trinajstić information content (AvgIpc) is 3.12. The van der Waals surface area contributed by atoms with Crippen molar-refractivity contribution in [3.63, 3.8) is 0 Å². The molecule has 25 heavy (non-hydrogen) atoms. The molecule has 10 heteroatoms. The molecule has 1 atom stereocenters. The van der Waals surface area contributed by atoms with Crippen LogP contribution in [0.2, 0.25) is 0 Å². The summed E-state index contributed by atoms with van der Waals surface area (Å²) in [4.78, 5) is 28.2. The molecular weight excluding hydrogens is 364 g/mol. The van der Waals surface area contributed by atoms with Crippen LogP contribution in [-0.2, 0) is 19.6 Å². The summed E-state index contributed by atoms with van der Waals surface area (Å²) in [6, 6.07) is 0. The fourth-order valence-electron chi connectivity index (χ4n) is 2.97. The highest BCUT2D eigenvalue weighted by Crippen LogP contribution is 2.37. The van der Waals surface area contributed by atoms with Gasteiger partial charge in [0.1, 0.15) is 0 Å². The molecule has 0 spiro atoms. The summed E-state index contributed by atoms with van der Waals surface area (Å²) in [5.41, 5.74) is 0.985. The van der Waals surface area contributed by atoms with Crippen LogP contribution in [0, 0.1) is 5.92 Å². The number of nitrogens with one attached hydrogen (secondary N) is 2. The van der Waals surface area contributed by atoms with Gasteiger partial charge in [0.05, 0.1) is 11.9 Å². The van der Waals surface area contributed by atoms with Gasteiger partial charge < -0.3 is 5.32 Å². The second-order valence-corrected chi connectivity index (χ2v) is 9.49. The van der Waals surface area contributed by atoms with Crippen molar-refractivity contribution in [3.05, 3.63) is 11.1 Å². The number of rotatable bonds is 5. The first-order valence-electron chi connectivity index (χ1n) is 8.32. The second kappa shape index (κ2) is 7.38. The van der Waals surface area contributed by atoms with Crippen molar-refractivity contribution in [1.29, 1.82) is 0 Å². The Morgan fingerprint density at radius 3 is 2.68 bits per heavy atom. The molecule has 1 aromatic rings. The molecular formula is C15H22N4O4S2. The molecule has 3 rings (SSSR count). The van der Waals surface area contributed by atoms with E-state index in [0.29, 0.717) is 30.6 Å². The maximum atomic E-state index is 11.9. The zero-order valence-electron chi connectivity index (χ0n) is 14.0. The van der Waals surface area contributed by atoms with Crippen molar-refractivity contribution in [3.8, 4) is 0 Å². The average molecular weight is 386 g/mol. The van der Waals surface area contributed by atoms with E-state index in [0.717, 1.165) is 18.5 Å². The van der Waals surface area contributed by atoms with Crippen LogP contribution >= 0.6 is 11.3 Å². The Bertz CT molecular complexity index is 757. The molecule has 1 saturated carbocycles. The van der Waals surface area contributed by atoms with Gasteiger partial charge in [-0.2, -0.15) is 0 Å². The van der Waals surface area contributed by atoms with Crippen molar-refractivity contribution in [2.75, 3.05) is 31.2 Å². The highest BCUT2D eigenvalue weighted by Gasteiger charge is 2.29. The minimum absolute atomic E-state index is 0.0246. The van der Waals surface area contributed by atoms with Gasteiger partial charge in [0.2, 0.25) is 10.0 Å². The van der Waals surface area contributed by atoms with Crippen LogP contribution in [0.15, 0.2) is 5.38 Å². The summed E-state index contributed by atoms with van der Waals surface area (Å²) >= 11 is 1.32. The van der Waals surface area contributed by atoms with Crippen molar-refractivity contribution < 1.29 is 18.0 Å². The molecule has 2 amide bonds. The predicted molar refractivity (Wildman–Crippen MR) is 94.9 cm³/mol. The Labute approximate surface area is 151 Å². The summed E-state index contributed by atoms with van der Waals surface area (Å²) < 4.78 is 24.3. The van der Waals surface area contributed by atoms with Crippen molar-refractivity contribution >= 4 is 38.3 Å². The van der Waals surface area contributed by atoms with Crippen LogP contribution in [0.5, 0.6) is 0 Å². The highest BCUT2D eigenvalue weighted by molar-refractivity contribution is 7.88. The maximum absolute atomic E-state index is 11.9. The molecule has 2 N–H and O–H groups in total. The standard InChI is InChI=1S/C15H22N4O4S2/c1-25(22,23)19-6-5-10(8-19)7-16-13(20)14(21)18-15-17-12(9-24-15)11-3-2-4-11/h9-11H,2-8H2,1H3,(H,16,20)(H,17,18,21). The molecule has 0 radical (unpaired) electrons. The first kappa shape index (κ1) is 18.3. The van der Waals surface area contributed by atoms with Gasteiger partial charge in [0.15, 0.2) is 5.13 Å². The van der Waals surface area contributed by atoms with E-state index in [2.05, 4.69) is 15.6 Å². The van der Waals surface area contributed by atoms with Gasteiger partial charge in [0, 0.05) is 30.9 Å². The van der Waals surface area contributed by atoms with Crippen molar-refractivity contribution in [2.24, 2.45) is 5.92 Å². The first-order valence-corrected chi connectivity index (χ1v) is 11.1. The molecule has 0 aromatic carbocycles. The molecule has 0 bridgehead atoms. The smallest absolute Gasteiger partial charge is 0.315 e. The van der Waals surface area contributed by atoms with Gasteiger partial charge in [-0.1, -0.05) is 6.42 Å². The van der Waals surface area contributed by atoms with E-state index < -0.39 is 21.8 Å². The topological polar surface area (TPSA) is 108 Å². The minimum atomic E-state index is -3.20. The Kier molecular flexibility index (Phi) is 5.40. The molecule has 1 aromatic heterocycles. The Morgan fingerprint density at radius 2 is 2.08 bits per heavy atom. The maximum Gasteiger partial charge on any atom is 0.315 e. The predicted octanol–water partition coefficient (Wildman–Crippen LogP) is 0.747. The number of anilines is 1. The number of sulfonamides is 1. The first-order chi connectivity index (χ1) is 11.8. The normalized spacial score (nSPS) is 21.7. The lowest BCUT2D eigenvalue weighted by Crippen LogP contribution is -2.39. The molecule has 1 saturated heterocycles. The van der Waals surface area contributed by atoms with E-state index in [1.165, 1.54) is 28.3 Å². The van der Waals surface area contributed by atoms with E-state index in [1.54, 1.807) is 0 Å². The second-order valence-electron chi connectivity index (χ2n) is 6.65. The lowest BCUT2D eigenvalue weighted by molar-refractivity contribution is -0.136. The number of amides is 2. The van der Waals surface area contributed by atoms with E-state index in [-0.39, 0.29) is 12.5 Å². The summed E-state index contributed by atoms with van der Waals surface area (Å²) in [5, 5.41) is 7.46. The minimum Gasteiger partial charge on any atom is -0.347 e. The quantitative estimate of drug-likeness (QED) is 0.726. The summed E-state index contributed by atoms with van der Waals surface area (Å²) in [6.07, 6.45) is 5.32. The number of carbonyl (C=O) groups excluding carboxylic acids is 2. The molecule has 2 aliphatic rings. The van der Waals surface area contributed by atoms with Crippen LogP contribution in [0.4, 0.5) is 5.13 Å². The number of hydrogen-bond donors (Lipinski definition) is 2. The van der Waals surface area contributed by atoms with Crippen LogP contribution in [0.3, 0.4) is 0 Å². The van der Waals surface area contributed by atoms with Gasteiger partial charge in [-0.15, -0.1) is 11.3 Å². The molecule has 2 heterocycles. The third-order valence-electron chi connectivity index (χ3n) is 4.74. The SMILES string of the molecule is CS(=O)(=O)N1CCC(CNC(=O)C(=O)Nc2nc(C3CCC3)cs2)C1. The van der Waals surface area contributed by atoms with Crippen LogP contribution in [0.1, 0.15) is 37.3 Å². The molecule has 138 valence electrons. The zero-order chi connectivity index (χ0) is 18.0. The zero-order valence-corrected chi connectivity index (χ0v) is 15.7. The van der Waals surface area contributed by atoms with Crippen molar-refractivity contribution in [1.82, 2.24) is 14.6 Å². The fraction of sp³-hybridized carbons (Fsp3) is 0.667. The van der Waals surface area contributed by atoms with E-state index in [4.69, 9.17) is 0 Å². The number of thiazole rings is 1. The van der Waals surface area contributed by atoms with Crippen LogP contribution in [0.25, 0.3) is 0 Å². The van der Waals surface area contributed by atoms with E-state index >= 15 is 0 Å². The lowest BCUT2D eigenvalue weighted by Gasteiger charge is -2.22. The lowest BCUT2D eigenvalue weighted by atomic mass is 9.83. The van der Waals surface area contributed by atoms with Crippen LogP contribution in [-0.4, -0.2) is 55.4 Å². The summed E-state index contributed by atoms with van der Waals surface area (Å²) in [7, 11) is -3.20. The molecule has 2 fully saturated rings. The van der Waals surface area contributed by atoms with Gasteiger partial charge in [-0.05, 0) is 25.2 Å². The molecule has 1 aliphatic heterocycles. The number of carbonyl (C=O) groups is 2. The largest absolute Gasteiger partial charge is 0.347 e. The monoisotopic (exact) mass is 386 g/mol. The molecule has 1 unspecified atom stereocenters. The Hall–Kier alpha value is -1.52. The molecule has 1 aliphatic carbocycles.